The fourth-order valence-electron chi connectivity index (χ4n) is 1.68. The van der Waals surface area contributed by atoms with E-state index in [1.807, 2.05) is 0 Å². The maximum absolute atomic E-state index is 11.1. The number of nitro benzene ring substituents is 1. The second kappa shape index (κ2) is 3.93. The first kappa shape index (κ1) is 12.3. The minimum Gasteiger partial charge on any atom is -0.508 e. The predicted octanol–water partition coefficient (Wildman–Crippen LogP) is 1.70. The summed E-state index contributed by atoms with van der Waals surface area (Å²) < 4.78 is 31.1. The average Bonchev–Trinajstić information content (AvgIpc) is 2.25. The zero-order valence-electron chi connectivity index (χ0n) is 8.77. The van der Waals surface area contributed by atoms with Gasteiger partial charge in [0.1, 0.15) is 5.75 Å². The van der Waals surface area contributed by atoms with Gasteiger partial charge in [-0.2, -0.15) is 8.42 Å². The Bertz CT molecular complexity index is 752. The van der Waals surface area contributed by atoms with E-state index in [9.17, 15) is 23.6 Å². The molecule has 0 aromatic heterocycles. The van der Waals surface area contributed by atoms with Crippen LogP contribution in [0.3, 0.4) is 0 Å². The van der Waals surface area contributed by atoms with Crippen molar-refractivity contribution >= 4 is 26.6 Å². The summed E-state index contributed by atoms with van der Waals surface area (Å²) in [7, 11) is -4.68. The van der Waals surface area contributed by atoms with Gasteiger partial charge in [-0.05, 0) is 29.7 Å². The Morgan fingerprint density at radius 3 is 2.39 bits per heavy atom. The van der Waals surface area contributed by atoms with E-state index in [2.05, 4.69) is 0 Å². The quantitative estimate of drug-likeness (QED) is 0.486. The molecule has 2 N–H and O–H groups in total. The molecule has 0 atom stereocenters. The number of fused-ring (bicyclic) bond motifs is 1. The van der Waals surface area contributed by atoms with Crippen LogP contribution in [0, 0.1) is 10.1 Å². The van der Waals surface area contributed by atoms with Gasteiger partial charge in [0.05, 0.1) is 10.3 Å². The van der Waals surface area contributed by atoms with Gasteiger partial charge in [-0.1, -0.05) is 6.07 Å². The van der Waals surface area contributed by atoms with Crippen LogP contribution >= 0.6 is 0 Å². The smallest absolute Gasteiger partial charge is 0.301 e. The molecule has 0 unspecified atom stereocenters. The zero-order chi connectivity index (χ0) is 13.5. The van der Waals surface area contributed by atoms with Crippen LogP contribution in [-0.4, -0.2) is 23.0 Å². The van der Waals surface area contributed by atoms with Crippen LogP contribution in [0.5, 0.6) is 5.75 Å². The summed E-state index contributed by atoms with van der Waals surface area (Å²) in [6.07, 6.45) is 0. The molecule has 2 aromatic rings. The van der Waals surface area contributed by atoms with Crippen molar-refractivity contribution in [2.24, 2.45) is 0 Å². The summed E-state index contributed by atoms with van der Waals surface area (Å²) in [6, 6.07) is 5.87. The molecule has 0 aliphatic carbocycles. The van der Waals surface area contributed by atoms with E-state index in [-0.39, 0.29) is 11.1 Å². The van der Waals surface area contributed by atoms with Gasteiger partial charge in [0, 0.05) is 0 Å². The Morgan fingerprint density at radius 2 is 1.83 bits per heavy atom. The molecule has 2 aromatic carbocycles. The summed E-state index contributed by atoms with van der Waals surface area (Å²) in [5, 5.41) is 20.5. The monoisotopic (exact) mass is 269 g/mol. The Hall–Kier alpha value is -2.19. The lowest BCUT2D eigenvalue weighted by Gasteiger charge is -2.04. The third kappa shape index (κ3) is 1.98. The number of nitro groups is 1. The third-order valence-corrected chi connectivity index (χ3v) is 3.28. The van der Waals surface area contributed by atoms with Crippen molar-refractivity contribution in [3.63, 3.8) is 0 Å². The predicted molar refractivity (Wildman–Crippen MR) is 62.1 cm³/mol. The minimum absolute atomic E-state index is 0.0212. The molecule has 0 amide bonds. The number of phenolic OH excluding ortho intramolecular Hbond substituents is 1. The Kier molecular flexibility index (Phi) is 2.68. The van der Waals surface area contributed by atoms with Gasteiger partial charge in [-0.3, -0.25) is 14.7 Å². The van der Waals surface area contributed by atoms with Gasteiger partial charge in [-0.15, -0.1) is 0 Å². The maximum Gasteiger partial charge on any atom is 0.301 e. The number of rotatable bonds is 2. The highest BCUT2D eigenvalue weighted by Gasteiger charge is 2.26. The molecule has 7 nitrogen and oxygen atoms in total. The van der Waals surface area contributed by atoms with Crippen molar-refractivity contribution in [3.05, 3.63) is 40.4 Å². The normalized spacial score (nSPS) is 11.6. The Labute approximate surface area is 101 Å². The van der Waals surface area contributed by atoms with Crippen molar-refractivity contribution in [1.29, 1.82) is 0 Å². The summed E-state index contributed by atoms with van der Waals surface area (Å²) in [4.78, 5) is 9.28. The highest BCUT2D eigenvalue weighted by Crippen LogP contribution is 2.33. The molecule has 2 rings (SSSR count). The minimum atomic E-state index is -4.68. The lowest BCUT2D eigenvalue weighted by Crippen LogP contribution is -2.03. The van der Waals surface area contributed by atoms with E-state index < -0.39 is 25.6 Å². The standard InChI is InChI=1S/C10H7NO6S/c12-7-2-3-8-6(5-7)1-4-9(18(15,16)17)10(8)11(13)14/h1-5,12H,(H,15,16,17). The highest BCUT2D eigenvalue weighted by atomic mass is 32.2. The van der Waals surface area contributed by atoms with Crippen LogP contribution in [0.2, 0.25) is 0 Å². The molecule has 18 heavy (non-hydrogen) atoms. The first-order valence-corrected chi connectivity index (χ1v) is 6.12. The van der Waals surface area contributed by atoms with E-state index in [4.69, 9.17) is 4.55 Å². The van der Waals surface area contributed by atoms with Crippen LogP contribution in [0.25, 0.3) is 10.8 Å². The molecule has 0 saturated heterocycles. The first-order valence-electron chi connectivity index (χ1n) is 4.68. The fraction of sp³-hybridized carbons (Fsp3) is 0. The number of hydrogen-bond acceptors (Lipinski definition) is 5. The number of hydrogen-bond donors (Lipinski definition) is 2. The lowest BCUT2D eigenvalue weighted by atomic mass is 10.1. The van der Waals surface area contributed by atoms with Gasteiger partial charge in [0.2, 0.25) is 0 Å². The number of aromatic hydroxyl groups is 1. The van der Waals surface area contributed by atoms with Crippen molar-refractivity contribution in [3.8, 4) is 5.75 Å². The van der Waals surface area contributed by atoms with Gasteiger partial charge >= 0.3 is 10.1 Å². The van der Waals surface area contributed by atoms with Gasteiger partial charge in [0.15, 0.2) is 4.90 Å². The molecule has 0 fully saturated rings. The van der Waals surface area contributed by atoms with Gasteiger partial charge in [-0.25, -0.2) is 0 Å². The molecule has 0 saturated carbocycles. The molecule has 0 aliphatic rings. The highest BCUT2D eigenvalue weighted by molar-refractivity contribution is 7.86. The Balaban J connectivity index is 2.96. The molecule has 0 aliphatic heterocycles. The van der Waals surface area contributed by atoms with E-state index >= 15 is 0 Å². The molecule has 0 heterocycles. The van der Waals surface area contributed by atoms with Crippen molar-refractivity contribution in [1.82, 2.24) is 0 Å². The molecular weight excluding hydrogens is 262 g/mol. The maximum atomic E-state index is 11.1. The SMILES string of the molecule is O=[N+]([O-])c1c(S(=O)(=O)O)ccc2cc(O)ccc12. The first-order chi connectivity index (χ1) is 8.30. The Morgan fingerprint density at radius 1 is 1.17 bits per heavy atom. The van der Waals surface area contributed by atoms with E-state index in [1.165, 1.54) is 24.3 Å². The van der Waals surface area contributed by atoms with Gasteiger partial charge < -0.3 is 5.11 Å². The van der Waals surface area contributed by atoms with E-state index in [0.717, 1.165) is 6.07 Å². The molecule has 0 bridgehead atoms. The summed E-state index contributed by atoms with van der Waals surface area (Å²) in [5.74, 6) is -0.101. The van der Waals surface area contributed by atoms with Crippen LogP contribution in [0.15, 0.2) is 35.2 Å². The van der Waals surface area contributed by atoms with Crippen LogP contribution in [-0.2, 0) is 10.1 Å². The molecule has 0 radical (unpaired) electrons. The topological polar surface area (TPSA) is 118 Å². The lowest BCUT2D eigenvalue weighted by molar-refractivity contribution is -0.386. The summed E-state index contributed by atoms with van der Waals surface area (Å²) >= 11 is 0. The van der Waals surface area contributed by atoms with Crippen molar-refractivity contribution < 1.29 is 23.0 Å². The molecule has 0 spiro atoms. The number of benzene rings is 2. The third-order valence-electron chi connectivity index (χ3n) is 2.40. The average molecular weight is 269 g/mol. The number of nitrogens with zero attached hydrogens (tertiary/aromatic N) is 1. The number of phenols is 1. The van der Waals surface area contributed by atoms with Crippen LogP contribution < -0.4 is 0 Å². The van der Waals surface area contributed by atoms with Gasteiger partial charge in [0.25, 0.3) is 5.69 Å². The fourth-order valence-corrected chi connectivity index (χ4v) is 2.35. The summed E-state index contributed by atoms with van der Waals surface area (Å²) in [6.45, 7) is 0. The van der Waals surface area contributed by atoms with Crippen molar-refractivity contribution in [2.45, 2.75) is 4.90 Å². The summed E-state index contributed by atoms with van der Waals surface area (Å²) in [5.41, 5.74) is -0.713. The largest absolute Gasteiger partial charge is 0.508 e. The molecular formula is C10H7NO6S. The molecule has 94 valence electrons. The second-order valence-corrected chi connectivity index (χ2v) is 4.94. The zero-order valence-corrected chi connectivity index (χ0v) is 9.59. The van der Waals surface area contributed by atoms with E-state index in [0.29, 0.717) is 5.39 Å². The molecule has 8 heteroatoms. The second-order valence-electron chi connectivity index (χ2n) is 3.55. The van der Waals surface area contributed by atoms with E-state index in [1.54, 1.807) is 0 Å². The van der Waals surface area contributed by atoms with Crippen LogP contribution in [0.4, 0.5) is 5.69 Å². The van der Waals surface area contributed by atoms with Crippen LogP contribution in [0.1, 0.15) is 0 Å². The van der Waals surface area contributed by atoms with Crippen molar-refractivity contribution in [2.75, 3.05) is 0 Å².